The summed E-state index contributed by atoms with van der Waals surface area (Å²) in [5, 5.41) is 2.45. The summed E-state index contributed by atoms with van der Waals surface area (Å²) in [6.07, 6.45) is -0.915. The minimum absolute atomic E-state index is 0.474. The van der Waals surface area contributed by atoms with Gasteiger partial charge in [0.1, 0.15) is 0 Å². The number of pyridine rings is 1. The van der Waals surface area contributed by atoms with E-state index in [2.05, 4.69) is 15.0 Å². The maximum Gasteiger partial charge on any atom is 0.413 e. The molecule has 0 unspecified atom stereocenters. The van der Waals surface area contributed by atoms with E-state index in [4.69, 9.17) is 4.74 Å². The van der Waals surface area contributed by atoms with Crippen LogP contribution in [-0.4, -0.2) is 36.2 Å². The molecule has 21 heavy (non-hydrogen) atoms. The summed E-state index contributed by atoms with van der Waals surface area (Å²) >= 11 is 0. The number of nitrogens with one attached hydrogen (secondary N) is 1. The zero-order valence-electron chi connectivity index (χ0n) is 12.1. The van der Waals surface area contributed by atoms with Gasteiger partial charge in [0, 0.05) is 11.6 Å². The number of carbonyl (C=O) groups excluding carboxylic acids is 2. The number of nitrogens with zero attached hydrogens (tertiary/aromatic N) is 1. The van der Waals surface area contributed by atoms with Crippen molar-refractivity contribution in [3.8, 4) is 11.6 Å². The van der Waals surface area contributed by atoms with Gasteiger partial charge in [-0.25, -0.2) is 18.6 Å². The number of alkyl halides is 1. The van der Waals surface area contributed by atoms with E-state index in [-0.39, 0.29) is 0 Å². The van der Waals surface area contributed by atoms with Gasteiger partial charge in [-0.15, -0.1) is 0 Å². The number of ether oxygens (including phenoxy) is 2. The summed E-state index contributed by atoms with van der Waals surface area (Å²) in [6, 6.07) is 0.747. The van der Waals surface area contributed by atoms with Crippen molar-refractivity contribution in [2.45, 2.75) is 26.3 Å². The first kappa shape index (κ1) is 16.8. The molecule has 0 aliphatic carbocycles. The van der Waals surface area contributed by atoms with Crippen LogP contribution in [0.5, 0.6) is 11.6 Å². The van der Waals surface area contributed by atoms with Crippen LogP contribution in [0.4, 0.5) is 13.6 Å². The normalized spacial score (nSPS) is 11.0. The molecule has 0 radical (unpaired) electrons. The molecule has 0 aliphatic heterocycles. The smallest absolute Gasteiger partial charge is 0.413 e. The standard InChI is InChI=1S/C13H16F2N2O4/c1-13(2,3)17-12(19)21-9-5-7(15)11(20-4)16-10(9)8(18)6-14/h5H,6H2,1-4H3,(H,17,19). The largest absolute Gasteiger partial charge is 0.479 e. The quantitative estimate of drug-likeness (QED) is 0.863. The zero-order chi connectivity index (χ0) is 16.2. The Labute approximate surface area is 120 Å². The fourth-order valence-electron chi connectivity index (χ4n) is 1.37. The Bertz CT molecular complexity index is 556. The molecule has 0 spiro atoms. The van der Waals surface area contributed by atoms with Crippen LogP contribution in [0.3, 0.4) is 0 Å². The van der Waals surface area contributed by atoms with Gasteiger partial charge in [0.15, 0.2) is 23.9 Å². The highest BCUT2D eigenvalue weighted by Gasteiger charge is 2.23. The van der Waals surface area contributed by atoms with Gasteiger partial charge in [0.2, 0.25) is 5.78 Å². The second kappa shape index (κ2) is 6.47. The number of hydrogen-bond donors (Lipinski definition) is 1. The first-order valence-corrected chi connectivity index (χ1v) is 6.01. The Balaban J connectivity index is 3.13. The molecular weight excluding hydrogens is 286 g/mol. The number of amides is 1. The number of carbonyl (C=O) groups is 2. The van der Waals surface area contributed by atoms with E-state index in [1.165, 1.54) is 0 Å². The molecule has 8 heteroatoms. The number of halogens is 2. The fourth-order valence-corrected chi connectivity index (χ4v) is 1.37. The minimum atomic E-state index is -1.36. The molecule has 0 bridgehead atoms. The van der Waals surface area contributed by atoms with Gasteiger partial charge in [-0.2, -0.15) is 0 Å². The van der Waals surface area contributed by atoms with Gasteiger partial charge in [-0.3, -0.25) is 4.79 Å². The Kier molecular flexibility index (Phi) is 5.17. The monoisotopic (exact) mass is 302 g/mol. The number of Topliss-reactive ketones (excluding diaryl/α,β-unsaturated/α-hetero) is 1. The van der Waals surface area contributed by atoms with Gasteiger partial charge in [0.25, 0.3) is 5.88 Å². The van der Waals surface area contributed by atoms with E-state index in [1.807, 2.05) is 0 Å². The van der Waals surface area contributed by atoms with Crippen molar-refractivity contribution in [1.82, 2.24) is 10.3 Å². The predicted octanol–water partition coefficient (Wildman–Crippen LogP) is 2.27. The van der Waals surface area contributed by atoms with Gasteiger partial charge >= 0.3 is 6.09 Å². The molecule has 1 rings (SSSR count). The van der Waals surface area contributed by atoms with Crippen LogP contribution < -0.4 is 14.8 Å². The molecule has 0 aromatic carbocycles. The number of ketones is 1. The fraction of sp³-hybridized carbons (Fsp3) is 0.462. The molecule has 1 aromatic heterocycles. The molecular formula is C13H16F2N2O4. The van der Waals surface area contributed by atoms with E-state index >= 15 is 0 Å². The molecule has 1 N–H and O–H groups in total. The Hall–Kier alpha value is -2.25. The maximum absolute atomic E-state index is 13.6. The summed E-state index contributed by atoms with van der Waals surface area (Å²) in [5.41, 5.74) is -1.11. The van der Waals surface area contributed by atoms with Crippen molar-refractivity contribution in [1.29, 1.82) is 0 Å². The lowest BCUT2D eigenvalue weighted by atomic mass is 10.1. The molecule has 1 aromatic rings. The third-order valence-corrected chi connectivity index (χ3v) is 2.17. The van der Waals surface area contributed by atoms with Gasteiger partial charge < -0.3 is 14.8 Å². The highest BCUT2D eigenvalue weighted by atomic mass is 19.1. The first-order valence-electron chi connectivity index (χ1n) is 6.01. The van der Waals surface area contributed by atoms with E-state index in [9.17, 15) is 18.4 Å². The molecule has 1 heterocycles. The number of aromatic nitrogens is 1. The van der Waals surface area contributed by atoms with Crippen molar-refractivity contribution in [2.75, 3.05) is 13.8 Å². The minimum Gasteiger partial charge on any atom is -0.479 e. The third kappa shape index (κ3) is 4.66. The summed E-state index contributed by atoms with van der Waals surface area (Å²) in [4.78, 5) is 26.6. The van der Waals surface area contributed by atoms with Crippen molar-refractivity contribution in [2.24, 2.45) is 0 Å². The van der Waals surface area contributed by atoms with E-state index in [0.29, 0.717) is 0 Å². The summed E-state index contributed by atoms with van der Waals surface area (Å²) in [6.45, 7) is 3.75. The van der Waals surface area contributed by atoms with E-state index < -0.39 is 47.2 Å². The lowest BCUT2D eigenvalue weighted by molar-refractivity contribution is 0.0949. The zero-order valence-corrected chi connectivity index (χ0v) is 12.1. The van der Waals surface area contributed by atoms with Crippen molar-refractivity contribution in [3.63, 3.8) is 0 Å². The molecule has 0 aliphatic rings. The van der Waals surface area contributed by atoms with Gasteiger partial charge in [-0.1, -0.05) is 0 Å². The second-order valence-corrected chi connectivity index (χ2v) is 5.15. The highest BCUT2D eigenvalue weighted by Crippen LogP contribution is 2.25. The van der Waals surface area contributed by atoms with Crippen molar-refractivity contribution >= 4 is 11.9 Å². The Morgan fingerprint density at radius 3 is 2.48 bits per heavy atom. The highest BCUT2D eigenvalue weighted by molar-refractivity contribution is 5.98. The lowest BCUT2D eigenvalue weighted by Crippen LogP contribution is -2.42. The topological polar surface area (TPSA) is 77.5 Å². The van der Waals surface area contributed by atoms with E-state index in [1.54, 1.807) is 20.8 Å². The molecule has 116 valence electrons. The predicted molar refractivity (Wildman–Crippen MR) is 70.0 cm³/mol. The van der Waals surface area contributed by atoms with Gasteiger partial charge in [0.05, 0.1) is 7.11 Å². The lowest BCUT2D eigenvalue weighted by Gasteiger charge is -2.20. The summed E-state index contributed by atoms with van der Waals surface area (Å²) < 4.78 is 35.5. The summed E-state index contributed by atoms with van der Waals surface area (Å²) in [5.74, 6) is -2.95. The number of methoxy groups -OCH3 is 1. The number of rotatable bonds is 4. The SMILES string of the molecule is COc1nc(C(=O)CF)c(OC(=O)NC(C)(C)C)cc1F. The molecule has 0 fully saturated rings. The van der Waals surface area contributed by atoms with Crippen LogP contribution >= 0.6 is 0 Å². The molecule has 0 saturated heterocycles. The van der Waals surface area contributed by atoms with Crippen LogP contribution in [0.15, 0.2) is 6.07 Å². The summed E-state index contributed by atoms with van der Waals surface area (Å²) in [7, 11) is 1.14. The van der Waals surface area contributed by atoms with Crippen LogP contribution in [0.1, 0.15) is 31.3 Å². The van der Waals surface area contributed by atoms with Gasteiger partial charge in [-0.05, 0) is 20.8 Å². The van der Waals surface area contributed by atoms with Crippen molar-refractivity contribution < 1.29 is 27.8 Å². The average Bonchev–Trinajstić information content (AvgIpc) is 2.35. The van der Waals surface area contributed by atoms with Crippen LogP contribution in [0.25, 0.3) is 0 Å². The first-order chi connectivity index (χ1) is 9.67. The van der Waals surface area contributed by atoms with Crippen LogP contribution in [-0.2, 0) is 0 Å². The molecule has 1 amide bonds. The third-order valence-electron chi connectivity index (χ3n) is 2.17. The number of hydrogen-bond acceptors (Lipinski definition) is 5. The van der Waals surface area contributed by atoms with Crippen LogP contribution in [0.2, 0.25) is 0 Å². The maximum atomic E-state index is 13.6. The average molecular weight is 302 g/mol. The van der Waals surface area contributed by atoms with Crippen LogP contribution in [0, 0.1) is 5.82 Å². The Morgan fingerprint density at radius 1 is 1.38 bits per heavy atom. The van der Waals surface area contributed by atoms with E-state index in [0.717, 1.165) is 13.2 Å². The Morgan fingerprint density at radius 2 is 2.00 bits per heavy atom. The van der Waals surface area contributed by atoms with Crippen molar-refractivity contribution in [3.05, 3.63) is 17.6 Å². The molecule has 6 nitrogen and oxygen atoms in total. The second-order valence-electron chi connectivity index (χ2n) is 5.15. The molecule has 0 saturated carbocycles. The molecule has 0 atom stereocenters.